The summed E-state index contributed by atoms with van der Waals surface area (Å²) in [5.74, 6) is 1.53. The predicted molar refractivity (Wildman–Crippen MR) is 43.6 cm³/mol. The zero-order valence-corrected chi connectivity index (χ0v) is 7.82. The molecule has 1 aromatic carbocycles. The zero-order valence-electron chi connectivity index (χ0n) is 6.11. The van der Waals surface area contributed by atoms with E-state index in [0.717, 1.165) is 16.0 Å². The second kappa shape index (κ2) is 3.06. The van der Waals surface area contributed by atoms with Gasteiger partial charge in [0.1, 0.15) is 0 Å². The second-order valence-electron chi connectivity index (χ2n) is 2.21. The molecule has 12 heavy (non-hydrogen) atoms. The van der Waals surface area contributed by atoms with E-state index in [2.05, 4.69) is 4.97 Å². The topological polar surface area (TPSA) is 42.2 Å². The van der Waals surface area contributed by atoms with E-state index in [9.17, 15) is 0 Å². The maximum atomic E-state index is 8.47. The molecular formula is C8H5NO2Se. The van der Waals surface area contributed by atoms with Crippen LogP contribution in [0.2, 0.25) is 0 Å². The summed E-state index contributed by atoms with van der Waals surface area (Å²) in [6, 6.07) is 5.61. The molecule has 0 aliphatic carbocycles. The fourth-order valence-corrected chi connectivity index (χ4v) is 1.85. The minimum absolute atomic E-state index is 0.110. The molecular weight excluding hydrogens is 221 g/mol. The first-order chi connectivity index (χ1) is 5.90. The van der Waals surface area contributed by atoms with Crippen molar-refractivity contribution in [1.29, 1.82) is 5.26 Å². The SMILES string of the molecule is N#C[Se]c1ccc2c(c1)OCO2. The average molecular weight is 226 g/mol. The first kappa shape index (κ1) is 7.48. The van der Waals surface area contributed by atoms with E-state index in [1.165, 1.54) is 0 Å². The molecule has 0 saturated carbocycles. The van der Waals surface area contributed by atoms with Crippen LogP contribution in [0.25, 0.3) is 0 Å². The molecule has 0 unspecified atom stereocenters. The normalized spacial score (nSPS) is 12.6. The van der Waals surface area contributed by atoms with Gasteiger partial charge in [0.05, 0.1) is 0 Å². The van der Waals surface area contributed by atoms with Crippen molar-refractivity contribution in [3.05, 3.63) is 18.2 Å². The average Bonchev–Trinajstić information content (AvgIpc) is 2.51. The quantitative estimate of drug-likeness (QED) is 0.643. The Morgan fingerprint density at radius 3 is 3.00 bits per heavy atom. The molecule has 2 rings (SSSR count). The van der Waals surface area contributed by atoms with Gasteiger partial charge in [0, 0.05) is 0 Å². The van der Waals surface area contributed by atoms with Crippen LogP contribution in [0.15, 0.2) is 18.2 Å². The van der Waals surface area contributed by atoms with E-state index in [4.69, 9.17) is 14.7 Å². The third-order valence-corrected chi connectivity index (χ3v) is 2.73. The van der Waals surface area contributed by atoms with E-state index in [-0.39, 0.29) is 15.0 Å². The summed E-state index contributed by atoms with van der Waals surface area (Å²) in [6.45, 7) is 0.290. The Hall–Kier alpha value is -1.17. The van der Waals surface area contributed by atoms with Crippen molar-refractivity contribution in [3.8, 4) is 16.5 Å². The fourth-order valence-electron chi connectivity index (χ4n) is 0.993. The van der Waals surface area contributed by atoms with Crippen molar-refractivity contribution in [2.45, 2.75) is 0 Å². The molecule has 1 aliphatic rings. The molecule has 1 aromatic rings. The summed E-state index contributed by atoms with van der Waals surface area (Å²) in [5, 5.41) is 8.47. The van der Waals surface area contributed by atoms with Gasteiger partial charge in [-0.2, -0.15) is 0 Å². The van der Waals surface area contributed by atoms with Gasteiger partial charge in [-0.15, -0.1) is 0 Å². The van der Waals surface area contributed by atoms with E-state index >= 15 is 0 Å². The van der Waals surface area contributed by atoms with Crippen LogP contribution in [0.5, 0.6) is 11.5 Å². The van der Waals surface area contributed by atoms with E-state index in [1.54, 1.807) is 0 Å². The molecule has 0 saturated heterocycles. The standard InChI is InChI=1S/C8H5NO2Se/c9-4-12-6-1-2-7-8(3-6)11-5-10-7/h1-3H,5H2. The Bertz CT molecular complexity index is 345. The van der Waals surface area contributed by atoms with Crippen molar-refractivity contribution >= 4 is 19.4 Å². The number of benzene rings is 1. The van der Waals surface area contributed by atoms with Gasteiger partial charge in [0.15, 0.2) is 0 Å². The maximum absolute atomic E-state index is 8.47. The van der Waals surface area contributed by atoms with Gasteiger partial charge >= 0.3 is 75.6 Å². The summed E-state index contributed by atoms with van der Waals surface area (Å²) in [7, 11) is 0. The molecule has 0 atom stereocenters. The van der Waals surface area contributed by atoms with Gasteiger partial charge in [0.25, 0.3) is 0 Å². The van der Waals surface area contributed by atoms with Crippen LogP contribution < -0.4 is 13.9 Å². The second-order valence-corrected chi connectivity index (χ2v) is 4.01. The molecule has 1 aliphatic heterocycles. The van der Waals surface area contributed by atoms with Crippen LogP contribution in [0, 0.1) is 10.2 Å². The number of hydrogen-bond acceptors (Lipinski definition) is 3. The molecule has 0 spiro atoms. The molecule has 4 heteroatoms. The van der Waals surface area contributed by atoms with Crippen LogP contribution in [0.4, 0.5) is 0 Å². The fraction of sp³-hybridized carbons (Fsp3) is 0.125. The van der Waals surface area contributed by atoms with Crippen LogP contribution in [-0.4, -0.2) is 21.7 Å². The molecule has 0 bridgehead atoms. The first-order valence-corrected chi connectivity index (χ1v) is 5.07. The molecule has 0 amide bonds. The summed E-state index contributed by atoms with van der Waals surface area (Å²) < 4.78 is 11.3. The van der Waals surface area contributed by atoms with E-state index in [0.29, 0.717) is 6.79 Å². The number of fused-ring (bicyclic) bond motifs is 1. The third-order valence-electron chi connectivity index (χ3n) is 1.51. The van der Waals surface area contributed by atoms with Gasteiger partial charge in [-0.25, -0.2) is 0 Å². The molecule has 0 radical (unpaired) electrons. The van der Waals surface area contributed by atoms with Gasteiger partial charge < -0.3 is 0 Å². The number of nitrogens with zero attached hydrogens (tertiary/aromatic N) is 1. The Morgan fingerprint density at radius 2 is 2.17 bits per heavy atom. The minimum atomic E-state index is -0.110. The number of rotatable bonds is 1. The number of ether oxygens (including phenoxy) is 2. The van der Waals surface area contributed by atoms with Crippen molar-refractivity contribution in [2.75, 3.05) is 6.79 Å². The zero-order chi connectivity index (χ0) is 8.39. The summed E-state index contributed by atoms with van der Waals surface area (Å²) in [4.78, 5) is 2.14. The summed E-state index contributed by atoms with van der Waals surface area (Å²) in [6.07, 6.45) is 0. The van der Waals surface area contributed by atoms with Crippen molar-refractivity contribution in [1.82, 2.24) is 0 Å². The van der Waals surface area contributed by atoms with Crippen LogP contribution in [-0.2, 0) is 0 Å². The van der Waals surface area contributed by atoms with Gasteiger partial charge in [-0.1, -0.05) is 0 Å². The molecule has 3 nitrogen and oxygen atoms in total. The molecule has 0 fully saturated rings. The Balaban J connectivity index is 2.34. The summed E-state index contributed by atoms with van der Waals surface area (Å²) in [5.41, 5.74) is 0. The molecule has 0 aromatic heterocycles. The van der Waals surface area contributed by atoms with Gasteiger partial charge in [-0.3, -0.25) is 0 Å². The number of nitriles is 1. The predicted octanol–water partition coefficient (Wildman–Crippen LogP) is 0.226. The summed E-state index contributed by atoms with van der Waals surface area (Å²) >= 11 is -0.110. The van der Waals surface area contributed by atoms with Gasteiger partial charge in [0.2, 0.25) is 0 Å². The monoisotopic (exact) mass is 227 g/mol. The van der Waals surface area contributed by atoms with Gasteiger partial charge in [-0.05, 0) is 0 Å². The van der Waals surface area contributed by atoms with E-state index in [1.807, 2.05) is 18.2 Å². The van der Waals surface area contributed by atoms with E-state index < -0.39 is 0 Å². The third kappa shape index (κ3) is 1.25. The molecule has 0 N–H and O–H groups in total. The molecule has 1 heterocycles. The molecule has 60 valence electrons. The van der Waals surface area contributed by atoms with Crippen LogP contribution >= 0.6 is 0 Å². The Kier molecular flexibility index (Phi) is 1.91. The Morgan fingerprint density at radius 1 is 1.33 bits per heavy atom. The Labute approximate surface area is 76.1 Å². The number of hydrogen-bond donors (Lipinski definition) is 0. The van der Waals surface area contributed by atoms with Crippen molar-refractivity contribution in [2.24, 2.45) is 0 Å². The van der Waals surface area contributed by atoms with Crippen LogP contribution in [0.3, 0.4) is 0 Å². The van der Waals surface area contributed by atoms with Crippen molar-refractivity contribution < 1.29 is 9.47 Å². The van der Waals surface area contributed by atoms with Crippen molar-refractivity contribution in [3.63, 3.8) is 0 Å². The first-order valence-electron chi connectivity index (χ1n) is 3.36. The van der Waals surface area contributed by atoms with Crippen LogP contribution in [0.1, 0.15) is 0 Å².